The number of nitrogens with one attached hydrogen (secondary N) is 1. The summed E-state index contributed by atoms with van der Waals surface area (Å²) in [5.74, 6) is -2.90. The van der Waals surface area contributed by atoms with E-state index < -0.39 is 23.8 Å². The van der Waals surface area contributed by atoms with Crippen LogP contribution in [0, 0.1) is 11.8 Å². The maximum Gasteiger partial charge on any atom is 0.337 e. The van der Waals surface area contributed by atoms with Crippen molar-refractivity contribution in [2.45, 2.75) is 71.8 Å². The zero-order valence-corrected chi connectivity index (χ0v) is 22.1. The topological polar surface area (TPSA) is 84.9 Å². The Bertz CT molecular complexity index is 1080. The van der Waals surface area contributed by atoms with Crippen molar-refractivity contribution in [1.29, 1.82) is 0 Å². The van der Waals surface area contributed by atoms with Crippen LogP contribution in [0.4, 0.5) is 5.69 Å². The summed E-state index contributed by atoms with van der Waals surface area (Å²) < 4.78 is 10.9. The quantitative estimate of drug-likeness (QED) is 0.437. The zero-order chi connectivity index (χ0) is 26.0. The van der Waals surface area contributed by atoms with E-state index in [0.717, 1.165) is 55.7 Å². The van der Waals surface area contributed by atoms with Gasteiger partial charge in [-0.05, 0) is 76.5 Å². The SMILES string of the molecule is CCN(CC)c1ccc([C@@H]2C(C(=O)OC3CCCC3)=C(C)NC3=C2C(=O)[C@@H](C(=O)OC)[C@H](C)C3)cc1. The summed E-state index contributed by atoms with van der Waals surface area (Å²) in [4.78, 5) is 42.3. The molecular formula is C29H38N2O5. The summed E-state index contributed by atoms with van der Waals surface area (Å²) in [6.45, 7) is 9.75. The number of nitrogens with zero attached hydrogens (tertiary/aromatic N) is 1. The minimum absolute atomic E-state index is 0.0937. The summed E-state index contributed by atoms with van der Waals surface area (Å²) in [5, 5.41) is 3.34. The fraction of sp³-hybridized carbons (Fsp3) is 0.552. The van der Waals surface area contributed by atoms with Crippen molar-refractivity contribution in [1.82, 2.24) is 5.32 Å². The van der Waals surface area contributed by atoms with Gasteiger partial charge >= 0.3 is 11.9 Å². The molecule has 0 spiro atoms. The molecule has 0 radical (unpaired) electrons. The van der Waals surface area contributed by atoms with Gasteiger partial charge < -0.3 is 19.7 Å². The number of rotatable bonds is 7. The number of methoxy groups -OCH3 is 1. The third-order valence-electron chi connectivity index (χ3n) is 7.89. The molecular weight excluding hydrogens is 456 g/mol. The second-order valence-corrected chi connectivity index (χ2v) is 10.1. The fourth-order valence-electron chi connectivity index (χ4n) is 5.97. The predicted octanol–water partition coefficient (Wildman–Crippen LogP) is 4.63. The van der Waals surface area contributed by atoms with Crippen molar-refractivity contribution < 1.29 is 23.9 Å². The number of ketones is 1. The molecule has 2 aliphatic carbocycles. The number of carbonyl (C=O) groups excluding carboxylic acids is 3. The van der Waals surface area contributed by atoms with Crippen LogP contribution < -0.4 is 10.2 Å². The van der Waals surface area contributed by atoms with Crippen molar-refractivity contribution in [3.05, 3.63) is 52.4 Å². The number of dihydropyridines is 1. The molecule has 0 aromatic heterocycles. The van der Waals surface area contributed by atoms with E-state index in [4.69, 9.17) is 9.47 Å². The van der Waals surface area contributed by atoms with Crippen LogP contribution in [-0.2, 0) is 23.9 Å². The first kappa shape index (κ1) is 26.0. The third-order valence-corrected chi connectivity index (χ3v) is 7.89. The number of Topliss-reactive ketones (excluding diaryl/α,β-unsaturated/α-hetero) is 1. The van der Waals surface area contributed by atoms with Crippen LogP contribution in [0.3, 0.4) is 0 Å². The summed E-state index contributed by atoms with van der Waals surface area (Å²) in [6, 6.07) is 8.05. The molecule has 1 fully saturated rings. The maximum atomic E-state index is 13.9. The average Bonchev–Trinajstić information content (AvgIpc) is 3.37. The van der Waals surface area contributed by atoms with Crippen molar-refractivity contribution >= 4 is 23.4 Å². The number of hydrogen-bond acceptors (Lipinski definition) is 7. The number of hydrogen-bond donors (Lipinski definition) is 1. The van der Waals surface area contributed by atoms with Crippen molar-refractivity contribution in [3.8, 4) is 0 Å². The van der Waals surface area contributed by atoms with Crippen molar-refractivity contribution in [2.75, 3.05) is 25.1 Å². The van der Waals surface area contributed by atoms with Crippen LogP contribution in [0.1, 0.15) is 71.3 Å². The van der Waals surface area contributed by atoms with Crippen LogP contribution in [-0.4, -0.2) is 44.0 Å². The first-order chi connectivity index (χ1) is 17.3. The molecule has 7 heteroatoms. The molecule has 0 bridgehead atoms. The van der Waals surface area contributed by atoms with Gasteiger partial charge in [-0.2, -0.15) is 0 Å². The Kier molecular flexibility index (Phi) is 7.86. The Morgan fingerprint density at radius 2 is 1.72 bits per heavy atom. The first-order valence-electron chi connectivity index (χ1n) is 13.2. The molecule has 3 atom stereocenters. The largest absolute Gasteiger partial charge is 0.468 e. The number of esters is 2. The van der Waals surface area contributed by atoms with E-state index in [0.29, 0.717) is 23.3 Å². The molecule has 0 saturated heterocycles. The number of allylic oxidation sites excluding steroid dienone is 3. The standard InChI is InChI=1S/C29H38N2O5/c1-6-31(7-2)20-14-12-19(13-15-20)25-24(29(34)36-21-10-8-9-11-21)18(4)30-22-16-17(3)23(28(33)35-5)27(32)26(22)25/h12-15,17,21,23,25,30H,6-11,16H2,1-5H3/t17-,23+,25-/m1/s1. The van der Waals surface area contributed by atoms with E-state index in [1.807, 2.05) is 38.1 Å². The second kappa shape index (κ2) is 10.9. The van der Waals surface area contributed by atoms with E-state index in [-0.39, 0.29) is 17.8 Å². The van der Waals surface area contributed by atoms with Gasteiger partial charge in [0.2, 0.25) is 0 Å². The van der Waals surface area contributed by atoms with Gasteiger partial charge in [0.05, 0.1) is 12.7 Å². The van der Waals surface area contributed by atoms with E-state index in [2.05, 4.69) is 24.1 Å². The second-order valence-electron chi connectivity index (χ2n) is 10.1. The Morgan fingerprint density at radius 3 is 2.31 bits per heavy atom. The summed E-state index contributed by atoms with van der Waals surface area (Å²) in [5.41, 5.74) is 4.32. The summed E-state index contributed by atoms with van der Waals surface area (Å²) in [6.07, 6.45) is 4.27. The van der Waals surface area contributed by atoms with Gasteiger partial charge in [0.15, 0.2) is 5.78 Å². The predicted molar refractivity (Wildman–Crippen MR) is 138 cm³/mol. The fourth-order valence-corrected chi connectivity index (χ4v) is 5.97. The van der Waals surface area contributed by atoms with E-state index in [9.17, 15) is 14.4 Å². The molecule has 194 valence electrons. The highest BCUT2D eigenvalue weighted by atomic mass is 16.5. The molecule has 1 aliphatic heterocycles. The van der Waals surface area contributed by atoms with Gasteiger partial charge in [-0.3, -0.25) is 9.59 Å². The maximum absolute atomic E-state index is 13.9. The summed E-state index contributed by atoms with van der Waals surface area (Å²) >= 11 is 0. The average molecular weight is 495 g/mol. The van der Waals surface area contributed by atoms with E-state index in [1.165, 1.54) is 7.11 Å². The Morgan fingerprint density at radius 1 is 1.08 bits per heavy atom. The third kappa shape index (κ3) is 4.80. The van der Waals surface area contributed by atoms with Crippen LogP contribution in [0.15, 0.2) is 46.8 Å². The molecule has 7 nitrogen and oxygen atoms in total. The molecule has 3 aliphatic rings. The van der Waals surface area contributed by atoms with Crippen molar-refractivity contribution in [3.63, 3.8) is 0 Å². The lowest BCUT2D eigenvalue weighted by molar-refractivity contribution is -0.151. The van der Waals surface area contributed by atoms with E-state index >= 15 is 0 Å². The van der Waals surface area contributed by atoms with Crippen LogP contribution in [0.25, 0.3) is 0 Å². The van der Waals surface area contributed by atoms with Crippen molar-refractivity contribution in [2.24, 2.45) is 11.8 Å². The Hall–Kier alpha value is -3.09. The van der Waals surface area contributed by atoms with Gasteiger partial charge in [-0.25, -0.2) is 4.79 Å². The van der Waals surface area contributed by atoms with Crippen LogP contribution in [0.2, 0.25) is 0 Å². The van der Waals surface area contributed by atoms with Gasteiger partial charge in [0.25, 0.3) is 0 Å². The molecule has 0 unspecified atom stereocenters. The molecule has 36 heavy (non-hydrogen) atoms. The molecule has 4 rings (SSSR count). The molecule has 1 saturated carbocycles. The number of ether oxygens (including phenoxy) is 2. The van der Waals surface area contributed by atoms with Gasteiger partial charge in [-0.15, -0.1) is 0 Å². The van der Waals surface area contributed by atoms with Gasteiger partial charge in [-0.1, -0.05) is 19.1 Å². The molecule has 1 N–H and O–H groups in total. The van der Waals surface area contributed by atoms with Gasteiger partial charge in [0, 0.05) is 41.7 Å². The van der Waals surface area contributed by atoms with Crippen LogP contribution >= 0.6 is 0 Å². The lowest BCUT2D eigenvalue weighted by Crippen LogP contribution is -2.43. The van der Waals surface area contributed by atoms with E-state index in [1.54, 1.807) is 0 Å². The number of anilines is 1. The highest BCUT2D eigenvalue weighted by molar-refractivity contribution is 6.12. The summed E-state index contributed by atoms with van der Waals surface area (Å²) in [7, 11) is 1.31. The minimum Gasteiger partial charge on any atom is -0.468 e. The van der Waals surface area contributed by atoms with Gasteiger partial charge in [0.1, 0.15) is 12.0 Å². The Balaban J connectivity index is 1.79. The molecule has 1 heterocycles. The molecule has 0 amide bonds. The normalized spacial score (nSPS) is 24.4. The smallest absolute Gasteiger partial charge is 0.337 e. The lowest BCUT2D eigenvalue weighted by Gasteiger charge is -2.38. The highest BCUT2D eigenvalue weighted by Crippen LogP contribution is 2.46. The zero-order valence-electron chi connectivity index (χ0n) is 22.1. The molecule has 1 aromatic rings. The first-order valence-corrected chi connectivity index (χ1v) is 13.2. The van der Waals surface area contributed by atoms with Crippen LogP contribution in [0.5, 0.6) is 0 Å². The number of carbonyl (C=O) groups is 3. The minimum atomic E-state index is -0.890. The molecule has 1 aromatic carbocycles. The Labute approximate surface area is 213 Å². The highest BCUT2D eigenvalue weighted by Gasteiger charge is 2.47. The number of benzene rings is 1. The lowest BCUT2D eigenvalue weighted by atomic mass is 9.69. The monoisotopic (exact) mass is 494 g/mol.